The number of ether oxygens (including phenoxy) is 1. The normalized spacial score (nSPS) is 19.3. The lowest BCUT2D eigenvalue weighted by molar-refractivity contribution is -0.192. The minimum atomic E-state index is -2.21. The van der Waals surface area contributed by atoms with Crippen molar-refractivity contribution in [1.82, 2.24) is 0 Å². The fourth-order valence-electron chi connectivity index (χ4n) is 2.14. The van der Waals surface area contributed by atoms with Crippen LogP contribution in [0, 0.1) is 11.8 Å². The van der Waals surface area contributed by atoms with Crippen LogP contribution in [-0.2, 0) is 14.3 Å². The lowest BCUT2D eigenvalue weighted by Crippen LogP contribution is -2.51. The van der Waals surface area contributed by atoms with E-state index in [1.165, 1.54) is 0 Å². The summed E-state index contributed by atoms with van der Waals surface area (Å²) in [5.41, 5.74) is -4.42. The molecule has 0 heterocycles. The Kier molecular flexibility index (Phi) is 8.90. The first kappa shape index (κ1) is 22.0. The maximum absolute atomic E-state index is 12.0. The Bertz CT molecular complexity index is 362. The molecule has 4 N–H and O–H groups in total. The van der Waals surface area contributed by atoms with Crippen LogP contribution in [0.2, 0.25) is 0 Å². The third kappa shape index (κ3) is 6.18. The van der Waals surface area contributed by atoms with Gasteiger partial charge in [-0.3, -0.25) is 0 Å². The number of carbonyl (C=O) groups excluding carboxylic acids is 2. The fourth-order valence-corrected chi connectivity index (χ4v) is 2.14. The van der Waals surface area contributed by atoms with Crippen LogP contribution in [-0.4, -0.2) is 56.8 Å². The Labute approximate surface area is 137 Å². The Morgan fingerprint density at radius 3 is 1.39 bits per heavy atom. The van der Waals surface area contributed by atoms with Crippen molar-refractivity contribution >= 4 is 11.9 Å². The topological polar surface area (TPSA) is 124 Å². The van der Waals surface area contributed by atoms with Crippen LogP contribution >= 0.6 is 0 Å². The van der Waals surface area contributed by atoms with Crippen LogP contribution < -0.4 is 0 Å². The number of aliphatic hydroxyl groups excluding tert-OH is 2. The van der Waals surface area contributed by atoms with Crippen molar-refractivity contribution in [3.63, 3.8) is 0 Å². The minimum absolute atomic E-state index is 0.0744. The maximum atomic E-state index is 12.0. The molecule has 0 aromatic carbocycles. The summed E-state index contributed by atoms with van der Waals surface area (Å²) in [4.78, 5) is 24.1. The second-order valence-corrected chi connectivity index (χ2v) is 6.49. The highest BCUT2D eigenvalue weighted by atomic mass is 16.6. The van der Waals surface area contributed by atoms with E-state index in [0.29, 0.717) is 12.8 Å². The quantitative estimate of drug-likeness (QED) is 0.336. The Hall–Kier alpha value is -1.02. The van der Waals surface area contributed by atoms with Crippen molar-refractivity contribution in [3.05, 3.63) is 0 Å². The van der Waals surface area contributed by atoms with Crippen LogP contribution in [0.1, 0.15) is 53.4 Å². The van der Waals surface area contributed by atoms with Crippen molar-refractivity contribution in [2.75, 3.05) is 13.2 Å². The summed E-state index contributed by atoms with van der Waals surface area (Å²) >= 11 is 0. The van der Waals surface area contributed by atoms with Crippen molar-refractivity contribution < 1.29 is 34.8 Å². The molecule has 0 spiro atoms. The third-order valence-electron chi connectivity index (χ3n) is 4.23. The highest BCUT2D eigenvalue weighted by Crippen LogP contribution is 2.24. The number of carbonyl (C=O) groups is 2. The number of esters is 2. The largest absolute Gasteiger partial charge is 0.393 e. The molecule has 0 aliphatic carbocycles. The van der Waals surface area contributed by atoms with Crippen molar-refractivity contribution in [2.45, 2.75) is 64.6 Å². The Morgan fingerprint density at radius 2 is 1.17 bits per heavy atom. The van der Waals surface area contributed by atoms with Crippen LogP contribution in [0.5, 0.6) is 0 Å². The molecule has 0 aromatic heterocycles. The van der Waals surface area contributed by atoms with E-state index >= 15 is 0 Å². The first-order valence-corrected chi connectivity index (χ1v) is 8.01. The molecular weight excluding hydrogens is 304 g/mol. The van der Waals surface area contributed by atoms with Crippen LogP contribution in [0.3, 0.4) is 0 Å². The van der Waals surface area contributed by atoms with E-state index in [2.05, 4.69) is 4.74 Å². The number of hydrogen-bond donors (Lipinski definition) is 4. The van der Waals surface area contributed by atoms with Crippen molar-refractivity contribution in [2.24, 2.45) is 11.8 Å². The van der Waals surface area contributed by atoms with Gasteiger partial charge in [-0.2, -0.15) is 0 Å². The molecule has 0 radical (unpaired) electrons. The van der Waals surface area contributed by atoms with Crippen LogP contribution in [0.15, 0.2) is 0 Å². The third-order valence-corrected chi connectivity index (χ3v) is 4.23. The zero-order valence-corrected chi connectivity index (χ0v) is 14.4. The second kappa shape index (κ2) is 9.32. The molecule has 0 rings (SSSR count). The van der Waals surface area contributed by atoms with E-state index in [-0.39, 0.29) is 24.7 Å². The van der Waals surface area contributed by atoms with Crippen molar-refractivity contribution in [3.8, 4) is 0 Å². The van der Waals surface area contributed by atoms with E-state index in [9.17, 15) is 30.0 Å². The molecule has 0 saturated heterocycles. The van der Waals surface area contributed by atoms with Crippen LogP contribution in [0.4, 0.5) is 0 Å². The van der Waals surface area contributed by atoms with Gasteiger partial charge in [0.25, 0.3) is 0 Å². The summed E-state index contributed by atoms with van der Waals surface area (Å²) in [6, 6.07) is 0. The first-order chi connectivity index (χ1) is 10.6. The zero-order valence-electron chi connectivity index (χ0n) is 14.4. The van der Waals surface area contributed by atoms with Gasteiger partial charge in [0.15, 0.2) is 11.2 Å². The first-order valence-electron chi connectivity index (χ1n) is 8.01. The summed E-state index contributed by atoms with van der Waals surface area (Å²) < 4.78 is 4.56. The molecule has 4 atom stereocenters. The molecule has 0 amide bonds. The summed E-state index contributed by atoms with van der Waals surface area (Å²) in [6.45, 7) is 5.48. The maximum Gasteiger partial charge on any atom is 0.348 e. The minimum Gasteiger partial charge on any atom is -0.393 e. The van der Waals surface area contributed by atoms with E-state index < -0.39 is 36.4 Å². The lowest BCUT2D eigenvalue weighted by atomic mass is 9.89. The monoisotopic (exact) mass is 334 g/mol. The van der Waals surface area contributed by atoms with Gasteiger partial charge in [-0.05, 0) is 24.7 Å². The Balaban J connectivity index is 5.06. The van der Waals surface area contributed by atoms with Gasteiger partial charge in [-0.15, -0.1) is 0 Å². The molecule has 0 fully saturated rings. The molecule has 7 heteroatoms. The molecule has 0 saturated carbocycles. The average molecular weight is 334 g/mol. The predicted octanol–water partition coefficient (Wildman–Crippen LogP) is 0.375. The smallest absolute Gasteiger partial charge is 0.348 e. The second-order valence-electron chi connectivity index (χ2n) is 6.49. The van der Waals surface area contributed by atoms with Gasteiger partial charge in [0, 0.05) is 0 Å². The molecule has 4 unspecified atom stereocenters. The van der Waals surface area contributed by atoms with Gasteiger partial charge < -0.3 is 25.2 Å². The number of aliphatic hydroxyl groups is 4. The molecule has 136 valence electrons. The fraction of sp³-hybridized carbons (Fsp3) is 0.875. The molecule has 23 heavy (non-hydrogen) atoms. The van der Waals surface area contributed by atoms with Gasteiger partial charge in [0.1, 0.15) is 0 Å². The SMILES string of the molecule is CCC(C)CC(O)(CO)C(=O)OC(=O)C(O)(CO)CC(C)CC. The van der Waals surface area contributed by atoms with Gasteiger partial charge in [0.2, 0.25) is 0 Å². The van der Waals surface area contributed by atoms with E-state index in [0.717, 1.165) is 0 Å². The molecule has 0 aromatic rings. The summed E-state index contributed by atoms with van der Waals surface area (Å²) in [7, 11) is 0. The van der Waals surface area contributed by atoms with Crippen LogP contribution in [0.25, 0.3) is 0 Å². The summed E-state index contributed by atoms with van der Waals surface area (Å²) in [5, 5.41) is 38.9. The van der Waals surface area contributed by atoms with E-state index in [1.54, 1.807) is 13.8 Å². The number of rotatable bonds is 10. The van der Waals surface area contributed by atoms with Gasteiger partial charge in [-0.1, -0.05) is 40.5 Å². The van der Waals surface area contributed by atoms with E-state index in [4.69, 9.17) is 0 Å². The van der Waals surface area contributed by atoms with Crippen molar-refractivity contribution in [1.29, 1.82) is 0 Å². The highest BCUT2D eigenvalue weighted by Gasteiger charge is 2.45. The average Bonchev–Trinajstić information content (AvgIpc) is 2.53. The molecule has 7 nitrogen and oxygen atoms in total. The molecule has 0 aliphatic heterocycles. The molecule has 0 bridgehead atoms. The predicted molar refractivity (Wildman–Crippen MR) is 83.3 cm³/mol. The summed E-state index contributed by atoms with van der Waals surface area (Å²) in [6.07, 6.45) is 1.18. The molecular formula is C16H30O7. The standard InChI is InChI=1S/C16H30O7/c1-5-11(3)7-15(21,9-17)13(19)23-14(20)16(22,10-18)8-12(4)6-2/h11-12,17-18,21-22H,5-10H2,1-4H3. The Morgan fingerprint density at radius 1 is 0.870 bits per heavy atom. The zero-order chi connectivity index (χ0) is 18.3. The van der Waals surface area contributed by atoms with Gasteiger partial charge >= 0.3 is 11.9 Å². The van der Waals surface area contributed by atoms with Gasteiger partial charge in [0.05, 0.1) is 13.2 Å². The lowest BCUT2D eigenvalue weighted by Gasteiger charge is -2.29. The number of hydrogen-bond acceptors (Lipinski definition) is 7. The highest BCUT2D eigenvalue weighted by molar-refractivity contribution is 5.94. The molecule has 0 aliphatic rings. The van der Waals surface area contributed by atoms with E-state index in [1.807, 2.05) is 13.8 Å². The summed E-state index contributed by atoms with van der Waals surface area (Å²) in [5.74, 6) is -2.79. The van der Waals surface area contributed by atoms with Gasteiger partial charge in [-0.25, -0.2) is 9.59 Å².